The van der Waals surface area contributed by atoms with Crippen LogP contribution in [0, 0.1) is 6.92 Å². The van der Waals surface area contributed by atoms with E-state index in [1.165, 1.54) is 6.20 Å². The molecular weight excluding hydrogens is 270 g/mol. The molecule has 82 valence electrons. The molecule has 1 aromatic carbocycles. The van der Waals surface area contributed by atoms with E-state index in [9.17, 15) is 4.79 Å². The largest absolute Gasteiger partial charge is 0.322 e. The maximum atomic E-state index is 11.7. The van der Waals surface area contributed by atoms with Crippen LogP contribution in [0.1, 0.15) is 15.9 Å². The molecule has 0 spiro atoms. The standard InChI is InChI=1S/C11H10BrN3O/c1-7-4-9(12)2-3-10(7)15-11(16)8-5-13-14-6-8/h2-6H,1H3,(H,13,14)(H,15,16). The van der Waals surface area contributed by atoms with E-state index in [0.29, 0.717) is 5.56 Å². The average molecular weight is 280 g/mol. The minimum Gasteiger partial charge on any atom is -0.322 e. The van der Waals surface area contributed by atoms with Crippen molar-refractivity contribution in [3.05, 3.63) is 46.2 Å². The summed E-state index contributed by atoms with van der Waals surface area (Å²) in [4.78, 5) is 11.7. The number of nitrogens with one attached hydrogen (secondary N) is 2. The zero-order valence-electron chi connectivity index (χ0n) is 8.62. The summed E-state index contributed by atoms with van der Waals surface area (Å²) in [7, 11) is 0. The Bertz CT molecular complexity index is 508. The summed E-state index contributed by atoms with van der Waals surface area (Å²) < 4.78 is 0.992. The number of anilines is 1. The highest BCUT2D eigenvalue weighted by atomic mass is 79.9. The quantitative estimate of drug-likeness (QED) is 0.888. The first-order valence-electron chi connectivity index (χ1n) is 4.73. The molecule has 0 aliphatic carbocycles. The summed E-state index contributed by atoms with van der Waals surface area (Å²) in [6.45, 7) is 1.94. The van der Waals surface area contributed by atoms with Crippen LogP contribution in [0.25, 0.3) is 0 Å². The number of halogens is 1. The zero-order valence-corrected chi connectivity index (χ0v) is 10.2. The molecule has 1 aromatic heterocycles. The van der Waals surface area contributed by atoms with Crippen LogP contribution in [0.5, 0.6) is 0 Å². The second-order valence-electron chi connectivity index (χ2n) is 3.40. The van der Waals surface area contributed by atoms with Gasteiger partial charge in [-0.2, -0.15) is 5.10 Å². The van der Waals surface area contributed by atoms with E-state index in [1.807, 2.05) is 25.1 Å². The third-order valence-electron chi connectivity index (χ3n) is 2.20. The number of carbonyl (C=O) groups excluding carboxylic acids is 1. The Kier molecular flexibility index (Phi) is 3.05. The lowest BCUT2D eigenvalue weighted by Gasteiger charge is -2.07. The molecule has 0 unspecified atom stereocenters. The molecule has 5 heteroatoms. The van der Waals surface area contributed by atoms with Crippen molar-refractivity contribution < 1.29 is 4.79 Å². The molecule has 2 N–H and O–H groups in total. The van der Waals surface area contributed by atoms with Crippen molar-refractivity contribution >= 4 is 27.5 Å². The van der Waals surface area contributed by atoms with Gasteiger partial charge in [-0.25, -0.2) is 0 Å². The Morgan fingerprint density at radius 1 is 1.50 bits per heavy atom. The Labute approximate surface area is 101 Å². The molecule has 0 radical (unpaired) electrons. The normalized spacial score (nSPS) is 10.1. The summed E-state index contributed by atoms with van der Waals surface area (Å²) in [6.07, 6.45) is 3.05. The molecule has 0 bridgehead atoms. The molecule has 1 amide bonds. The molecule has 2 aromatic rings. The van der Waals surface area contributed by atoms with E-state index in [2.05, 4.69) is 31.4 Å². The number of rotatable bonds is 2. The number of carbonyl (C=O) groups is 1. The van der Waals surface area contributed by atoms with Gasteiger partial charge in [0.05, 0.1) is 11.8 Å². The molecule has 16 heavy (non-hydrogen) atoms. The maximum absolute atomic E-state index is 11.7. The molecule has 1 heterocycles. The minimum absolute atomic E-state index is 0.167. The smallest absolute Gasteiger partial charge is 0.258 e. The van der Waals surface area contributed by atoms with Gasteiger partial charge in [0, 0.05) is 16.4 Å². The van der Waals surface area contributed by atoms with Gasteiger partial charge in [0.2, 0.25) is 0 Å². The first-order chi connectivity index (χ1) is 7.66. The fourth-order valence-electron chi connectivity index (χ4n) is 1.34. The molecule has 0 fully saturated rings. The first-order valence-corrected chi connectivity index (χ1v) is 5.52. The van der Waals surface area contributed by atoms with Gasteiger partial charge < -0.3 is 5.32 Å². The SMILES string of the molecule is Cc1cc(Br)ccc1NC(=O)c1cn[nH]c1. The summed E-state index contributed by atoms with van der Waals surface area (Å²) in [5, 5.41) is 9.15. The van der Waals surface area contributed by atoms with Crippen LogP contribution >= 0.6 is 15.9 Å². The van der Waals surface area contributed by atoms with Crippen LogP contribution in [0.15, 0.2) is 35.1 Å². The minimum atomic E-state index is -0.167. The Hall–Kier alpha value is -1.62. The predicted molar refractivity (Wildman–Crippen MR) is 65.4 cm³/mol. The van der Waals surface area contributed by atoms with Crippen molar-refractivity contribution in [1.82, 2.24) is 10.2 Å². The number of H-pyrrole nitrogens is 1. The third-order valence-corrected chi connectivity index (χ3v) is 2.69. The van der Waals surface area contributed by atoms with Gasteiger partial charge in [-0.1, -0.05) is 15.9 Å². The van der Waals surface area contributed by atoms with Gasteiger partial charge in [-0.05, 0) is 30.7 Å². The monoisotopic (exact) mass is 279 g/mol. The summed E-state index contributed by atoms with van der Waals surface area (Å²) >= 11 is 3.37. The van der Waals surface area contributed by atoms with Crippen LogP contribution in [-0.4, -0.2) is 16.1 Å². The molecule has 4 nitrogen and oxygen atoms in total. The van der Waals surface area contributed by atoms with Crippen molar-refractivity contribution in [2.24, 2.45) is 0 Å². The number of benzene rings is 1. The van der Waals surface area contributed by atoms with E-state index in [4.69, 9.17) is 0 Å². The van der Waals surface area contributed by atoms with Gasteiger partial charge >= 0.3 is 0 Å². The zero-order chi connectivity index (χ0) is 11.5. The Morgan fingerprint density at radius 2 is 2.31 bits per heavy atom. The highest BCUT2D eigenvalue weighted by molar-refractivity contribution is 9.10. The lowest BCUT2D eigenvalue weighted by molar-refractivity contribution is 0.102. The van der Waals surface area contributed by atoms with Gasteiger partial charge in [-0.15, -0.1) is 0 Å². The van der Waals surface area contributed by atoms with Gasteiger partial charge in [0.15, 0.2) is 0 Å². The molecule has 0 saturated heterocycles. The second kappa shape index (κ2) is 4.49. The first kappa shape index (κ1) is 10.9. The van der Waals surface area contributed by atoms with Crippen molar-refractivity contribution in [3.63, 3.8) is 0 Å². The van der Waals surface area contributed by atoms with Crippen molar-refractivity contribution in [2.75, 3.05) is 5.32 Å². The lowest BCUT2D eigenvalue weighted by Crippen LogP contribution is -2.11. The van der Waals surface area contributed by atoms with Gasteiger partial charge in [0.25, 0.3) is 5.91 Å². The molecule has 0 aliphatic heterocycles. The highest BCUT2D eigenvalue weighted by Crippen LogP contribution is 2.20. The average Bonchev–Trinajstić information content (AvgIpc) is 2.75. The van der Waals surface area contributed by atoms with Gasteiger partial charge in [0.1, 0.15) is 0 Å². The van der Waals surface area contributed by atoms with E-state index in [0.717, 1.165) is 15.7 Å². The van der Waals surface area contributed by atoms with E-state index >= 15 is 0 Å². The Balaban J connectivity index is 2.18. The summed E-state index contributed by atoms with van der Waals surface area (Å²) in [5.74, 6) is -0.167. The maximum Gasteiger partial charge on any atom is 0.258 e. The molecule has 2 rings (SSSR count). The number of hydrogen-bond acceptors (Lipinski definition) is 2. The summed E-state index contributed by atoms with van der Waals surface area (Å²) in [6, 6.07) is 5.69. The Morgan fingerprint density at radius 3 is 2.94 bits per heavy atom. The van der Waals surface area contributed by atoms with E-state index < -0.39 is 0 Å². The number of amides is 1. The van der Waals surface area contributed by atoms with Crippen molar-refractivity contribution in [1.29, 1.82) is 0 Å². The topological polar surface area (TPSA) is 57.8 Å². The predicted octanol–water partition coefficient (Wildman–Crippen LogP) is 2.73. The van der Waals surface area contributed by atoms with Crippen LogP contribution in [0.3, 0.4) is 0 Å². The molecule has 0 aliphatic rings. The molecular formula is C11H10BrN3O. The fourth-order valence-corrected chi connectivity index (χ4v) is 1.81. The number of hydrogen-bond donors (Lipinski definition) is 2. The van der Waals surface area contributed by atoms with Crippen LogP contribution < -0.4 is 5.32 Å². The molecule has 0 saturated carbocycles. The van der Waals surface area contributed by atoms with Crippen molar-refractivity contribution in [3.8, 4) is 0 Å². The number of nitrogens with zero attached hydrogens (tertiary/aromatic N) is 1. The third kappa shape index (κ3) is 2.30. The van der Waals surface area contributed by atoms with Crippen LogP contribution in [-0.2, 0) is 0 Å². The number of aromatic nitrogens is 2. The fraction of sp³-hybridized carbons (Fsp3) is 0.0909. The van der Waals surface area contributed by atoms with Crippen LogP contribution in [0.2, 0.25) is 0 Å². The van der Waals surface area contributed by atoms with E-state index in [-0.39, 0.29) is 5.91 Å². The van der Waals surface area contributed by atoms with E-state index in [1.54, 1.807) is 6.20 Å². The van der Waals surface area contributed by atoms with Crippen molar-refractivity contribution in [2.45, 2.75) is 6.92 Å². The van der Waals surface area contributed by atoms with Gasteiger partial charge in [-0.3, -0.25) is 9.89 Å². The second-order valence-corrected chi connectivity index (χ2v) is 4.32. The lowest BCUT2D eigenvalue weighted by atomic mass is 10.2. The summed E-state index contributed by atoms with van der Waals surface area (Å²) in [5.41, 5.74) is 2.32. The number of aromatic amines is 1. The molecule has 0 atom stereocenters. The number of aryl methyl sites for hydroxylation is 1. The van der Waals surface area contributed by atoms with Crippen LogP contribution in [0.4, 0.5) is 5.69 Å². The highest BCUT2D eigenvalue weighted by Gasteiger charge is 2.08.